The Labute approximate surface area is 175 Å². The number of nitrogens with zero attached hydrogens (tertiary/aromatic N) is 2. The van der Waals surface area contributed by atoms with Crippen molar-refractivity contribution in [1.29, 1.82) is 0 Å². The number of carbonyl (C=O) groups excluding carboxylic acids is 1. The number of aryl methyl sites for hydroxylation is 1. The average Bonchev–Trinajstić information content (AvgIpc) is 3.22. The van der Waals surface area contributed by atoms with Gasteiger partial charge in [-0.1, -0.05) is 44.4 Å². The number of hydrogen-bond donors (Lipinski definition) is 1. The first kappa shape index (κ1) is 20.0. The Kier molecular flexibility index (Phi) is 6.41. The van der Waals surface area contributed by atoms with Gasteiger partial charge in [0.1, 0.15) is 0 Å². The summed E-state index contributed by atoms with van der Waals surface area (Å²) in [5.74, 6) is 1.39. The highest BCUT2D eigenvalue weighted by Crippen LogP contribution is 2.37. The molecule has 0 spiro atoms. The molecule has 2 aliphatic carbocycles. The highest BCUT2D eigenvalue weighted by molar-refractivity contribution is 8.00. The van der Waals surface area contributed by atoms with Gasteiger partial charge in [-0.3, -0.25) is 4.79 Å². The zero-order valence-corrected chi connectivity index (χ0v) is 18.3. The van der Waals surface area contributed by atoms with Crippen molar-refractivity contribution in [2.24, 2.45) is 5.92 Å². The lowest BCUT2D eigenvalue weighted by molar-refractivity contribution is -0.121. The lowest BCUT2D eigenvalue weighted by Crippen LogP contribution is -2.39. The first-order chi connectivity index (χ1) is 13.6. The molecule has 28 heavy (non-hydrogen) atoms. The summed E-state index contributed by atoms with van der Waals surface area (Å²) < 4.78 is 5.88. The van der Waals surface area contributed by atoms with E-state index in [-0.39, 0.29) is 11.2 Å². The number of nitrogens with one attached hydrogen (secondary N) is 1. The molecule has 5 nitrogen and oxygen atoms in total. The van der Waals surface area contributed by atoms with Gasteiger partial charge in [0.05, 0.1) is 10.1 Å². The number of rotatable bonds is 5. The number of hydrogen-bond acceptors (Lipinski definition) is 6. The van der Waals surface area contributed by atoms with E-state index in [1.54, 1.807) is 11.3 Å². The molecule has 2 aromatic rings. The predicted molar refractivity (Wildman–Crippen MR) is 114 cm³/mol. The van der Waals surface area contributed by atoms with Gasteiger partial charge < -0.3 is 9.73 Å². The Morgan fingerprint density at radius 3 is 2.82 bits per heavy atom. The fourth-order valence-corrected chi connectivity index (χ4v) is 5.94. The van der Waals surface area contributed by atoms with Crippen LogP contribution < -0.4 is 5.32 Å². The standard InChI is InChI=1S/C21H29N3O2S2/c1-13-9-10-17-15(11-13)12-18(28-17)20-23-24-21(26-20)27-14(2)19(25)22-16-7-5-3-4-6-8-16/h12-14,16H,3-11H2,1-2H3,(H,22,25)/t13-,14-/m0/s1. The minimum atomic E-state index is -0.242. The van der Waals surface area contributed by atoms with E-state index >= 15 is 0 Å². The van der Waals surface area contributed by atoms with Crippen molar-refractivity contribution in [3.05, 3.63) is 16.5 Å². The zero-order chi connectivity index (χ0) is 19.5. The normalized spacial score (nSPS) is 21.7. The Bertz CT molecular complexity index is 808. The van der Waals surface area contributed by atoms with Gasteiger partial charge in [-0.15, -0.1) is 21.5 Å². The highest BCUT2D eigenvalue weighted by Gasteiger charge is 2.24. The van der Waals surface area contributed by atoms with E-state index in [0.29, 0.717) is 17.2 Å². The van der Waals surface area contributed by atoms with Crippen LogP contribution in [-0.2, 0) is 17.6 Å². The Morgan fingerprint density at radius 2 is 2.04 bits per heavy atom. The molecule has 7 heteroatoms. The van der Waals surface area contributed by atoms with Gasteiger partial charge >= 0.3 is 0 Å². The molecule has 0 bridgehead atoms. The maximum Gasteiger partial charge on any atom is 0.277 e. The number of amides is 1. The van der Waals surface area contributed by atoms with E-state index in [0.717, 1.165) is 36.5 Å². The minimum Gasteiger partial charge on any atom is -0.410 e. The van der Waals surface area contributed by atoms with Crippen LogP contribution in [0, 0.1) is 5.92 Å². The zero-order valence-electron chi connectivity index (χ0n) is 16.7. The van der Waals surface area contributed by atoms with Crippen LogP contribution in [0.5, 0.6) is 0 Å². The van der Waals surface area contributed by atoms with Crippen LogP contribution in [0.2, 0.25) is 0 Å². The van der Waals surface area contributed by atoms with Crippen LogP contribution in [0.1, 0.15) is 69.2 Å². The van der Waals surface area contributed by atoms with E-state index in [9.17, 15) is 4.79 Å². The minimum absolute atomic E-state index is 0.0669. The van der Waals surface area contributed by atoms with Crippen molar-refractivity contribution < 1.29 is 9.21 Å². The first-order valence-electron chi connectivity index (χ1n) is 10.5. The maximum absolute atomic E-state index is 12.5. The molecule has 0 unspecified atom stereocenters. The van der Waals surface area contributed by atoms with Gasteiger partial charge in [-0.2, -0.15) is 0 Å². The van der Waals surface area contributed by atoms with Gasteiger partial charge in [-0.25, -0.2) is 0 Å². The van der Waals surface area contributed by atoms with Crippen LogP contribution in [0.3, 0.4) is 0 Å². The summed E-state index contributed by atoms with van der Waals surface area (Å²) in [6.45, 7) is 4.22. The Balaban J connectivity index is 1.36. The molecular formula is C21H29N3O2S2. The third-order valence-electron chi connectivity index (χ3n) is 5.79. The van der Waals surface area contributed by atoms with E-state index in [1.165, 1.54) is 54.3 Å². The fraction of sp³-hybridized carbons (Fsp3) is 0.667. The molecule has 2 aromatic heterocycles. The Hall–Kier alpha value is -1.34. The molecule has 0 saturated heterocycles. The van der Waals surface area contributed by atoms with E-state index in [2.05, 4.69) is 28.5 Å². The predicted octanol–water partition coefficient (Wildman–Crippen LogP) is 5.24. The number of fused-ring (bicyclic) bond motifs is 1. The molecule has 2 aliphatic rings. The summed E-state index contributed by atoms with van der Waals surface area (Å²) in [7, 11) is 0. The third kappa shape index (κ3) is 4.79. The van der Waals surface area contributed by atoms with Gasteiger partial charge in [0.15, 0.2) is 0 Å². The van der Waals surface area contributed by atoms with E-state index in [4.69, 9.17) is 4.42 Å². The fourth-order valence-electron chi connectivity index (χ4n) is 4.12. The molecule has 1 amide bonds. The molecular weight excluding hydrogens is 390 g/mol. The summed E-state index contributed by atoms with van der Waals surface area (Å²) in [4.78, 5) is 15.1. The van der Waals surface area contributed by atoms with Crippen LogP contribution in [-0.4, -0.2) is 27.4 Å². The first-order valence-corrected chi connectivity index (χ1v) is 12.2. The summed E-state index contributed by atoms with van der Waals surface area (Å²) in [6, 6.07) is 2.52. The summed E-state index contributed by atoms with van der Waals surface area (Å²) in [5.41, 5.74) is 1.43. The van der Waals surface area contributed by atoms with Crippen LogP contribution >= 0.6 is 23.1 Å². The lowest BCUT2D eigenvalue weighted by atomic mass is 9.90. The van der Waals surface area contributed by atoms with Crippen molar-refractivity contribution in [3.63, 3.8) is 0 Å². The van der Waals surface area contributed by atoms with Crippen LogP contribution in [0.25, 0.3) is 10.8 Å². The smallest absolute Gasteiger partial charge is 0.277 e. The SMILES string of the molecule is C[C@H]1CCc2sc(-c3nnc(S[C@@H](C)C(=O)NC4CCCCCC4)o3)cc2C1. The second-order valence-corrected chi connectivity index (χ2v) is 10.7. The van der Waals surface area contributed by atoms with Gasteiger partial charge in [0.25, 0.3) is 11.1 Å². The quantitative estimate of drug-likeness (QED) is 0.530. The van der Waals surface area contributed by atoms with Crippen molar-refractivity contribution in [2.45, 2.75) is 88.1 Å². The monoisotopic (exact) mass is 419 g/mol. The number of thiophene rings is 1. The van der Waals surface area contributed by atoms with Crippen molar-refractivity contribution in [1.82, 2.24) is 15.5 Å². The van der Waals surface area contributed by atoms with Crippen LogP contribution in [0.15, 0.2) is 15.7 Å². The number of thioether (sulfide) groups is 1. The van der Waals surface area contributed by atoms with Crippen molar-refractivity contribution >= 4 is 29.0 Å². The van der Waals surface area contributed by atoms with Crippen molar-refractivity contribution in [3.8, 4) is 10.8 Å². The van der Waals surface area contributed by atoms with Gasteiger partial charge in [0.2, 0.25) is 5.91 Å². The maximum atomic E-state index is 12.5. The average molecular weight is 420 g/mol. The molecule has 1 fully saturated rings. The Morgan fingerprint density at radius 1 is 1.25 bits per heavy atom. The second-order valence-electron chi connectivity index (χ2n) is 8.24. The summed E-state index contributed by atoms with van der Waals surface area (Å²) in [5, 5.41) is 11.8. The molecule has 1 N–H and O–H groups in total. The highest BCUT2D eigenvalue weighted by atomic mass is 32.2. The molecule has 0 aromatic carbocycles. The molecule has 2 atom stereocenters. The largest absolute Gasteiger partial charge is 0.410 e. The van der Waals surface area contributed by atoms with E-state index in [1.807, 2.05) is 6.92 Å². The molecule has 152 valence electrons. The topological polar surface area (TPSA) is 68.0 Å². The number of aromatic nitrogens is 2. The molecule has 1 saturated carbocycles. The van der Waals surface area contributed by atoms with Crippen molar-refractivity contribution in [2.75, 3.05) is 0 Å². The number of carbonyl (C=O) groups is 1. The third-order valence-corrected chi connectivity index (χ3v) is 7.95. The lowest BCUT2D eigenvalue weighted by Gasteiger charge is -2.18. The molecule has 0 aliphatic heterocycles. The second kappa shape index (κ2) is 8.99. The molecule has 0 radical (unpaired) electrons. The molecule has 4 rings (SSSR count). The summed E-state index contributed by atoms with van der Waals surface area (Å²) in [6.07, 6.45) is 10.7. The molecule has 2 heterocycles. The van der Waals surface area contributed by atoms with Gasteiger partial charge in [0, 0.05) is 10.9 Å². The van der Waals surface area contributed by atoms with Gasteiger partial charge in [-0.05, 0) is 56.6 Å². The summed E-state index contributed by atoms with van der Waals surface area (Å²) >= 11 is 3.12. The van der Waals surface area contributed by atoms with E-state index < -0.39 is 0 Å². The van der Waals surface area contributed by atoms with Crippen LogP contribution in [0.4, 0.5) is 0 Å².